The number of carbonyl (C=O) groups is 4. The Morgan fingerprint density at radius 2 is 1.88 bits per heavy atom. The molecule has 0 radical (unpaired) electrons. The van der Waals surface area contributed by atoms with Gasteiger partial charge in [0, 0.05) is 46.0 Å². The van der Waals surface area contributed by atoms with E-state index in [0.717, 1.165) is 7.11 Å². The summed E-state index contributed by atoms with van der Waals surface area (Å²) in [5.74, 6) is -4.82. The third-order valence-electron chi connectivity index (χ3n) is 11.4. The molecule has 1 aromatic rings. The molecule has 11 atom stereocenters. The minimum absolute atomic E-state index is 0.00870. The zero-order chi connectivity index (χ0) is 29.9. The second kappa shape index (κ2) is 8.64. The Labute approximate surface area is 237 Å². The molecule has 11 nitrogen and oxygen atoms in total. The fraction of sp³-hybridized carbons (Fsp3) is 0.733. The van der Waals surface area contributed by atoms with Gasteiger partial charge in [0.1, 0.15) is 23.9 Å². The van der Waals surface area contributed by atoms with Gasteiger partial charge in [-0.1, -0.05) is 34.6 Å². The first-order valence-electron chi connectivity index (χ1n) is 14.3. The Morgan fingerprint density at radius 3 is 2.49 bits per heavy atom. The van der Waals surface area contributed by atoms with Gasteiger partial charge < -0.3 is 33.6 Å². The van der Waals surface area contributed by atoms with Crippen LogP contribution in [-0.4, -0.2) is 70.5 Å². The van der Waals surface area contributed by atoms with Crippen LogP contribution in [0.2, 0.25) is 0 Å². The zero-order valence-electron chi connectivity index (χ0n) is 24.2. The second-order valence-corrected chi connectivity index (χ2v) is 13.6. The summed E-state index contributed by atoms with van der Waals surface area (Å²) in [4.78, 5) is 53.3. The molecule has 2 bridgehead atoms. The van der Waals surface area contributed by atoms with E-state index in [4.69, 9.17) is 23.4 Å². The molecule has 3 saturated carbocycles. The number of hydrogen-bond donors (Lipinski definition) is 2. The van der Waals surface area contributed by atoms with E-state index in [-0.39, 0.29) is 12.8 Å². The molecule has 2 aliphatic heterocycles. The van der Waals surface area contributed by atoms with Crippen LogP contribution in [0.3, 0.4) is 0 Å². The largest absolute Gasteiger partial charge is 0.472 e. The van der Waals surface area contributed by atoms with Crippen molar-refractivity contribution in [2.24, 2.45) is 34.0 Å². The lowest BCUT2D eigenvalue weighted by Crippen LogP contribution is -2.81. The number of fused-ring (bicyclic) bond motifs is 5. The number of epoxide rings is 1. The van der Waals surface area contributed by atoms with Crippen molar-refractivity contribution in [3.8, 4) is 0 Å². The highest BCUT2D eigenvalue weighted by atomic mass is 16.6. The lowest BCUT2D eigenvalue weighted by Gasteiger charge is -2.67. The molecule has 5 fully saturated rings. The van der Waals surface area contributed by atoms with Gasteiger partial charge >= 0.3 is 17.9 Å². The zero-order valence-corrected chi connectivity index (χ0v) is 24.2. The smallest absolute Gasteiger partial charge is 0.335 e. The van der Waals surface area contributed by atoms with Crippen molar-refractivity contribution in [3.05, 3.63) is 24.2 Å². The molecule has 1 spiro atoms. The molecule has 41 heavy (non-hydrogen) atoms. The van der Waals surface area contributed by atoms with Crippen molar-refractivity contribution in [3.63, 3.8) is 0 Å². The number of furan rings is 1. The van der Waals surface area contributed by atoms with Crippen molar-refractivity contribution < 1.29 is 52.8 Å². The summed E-state index contributed by atoms with van der Waals surface area (Å²) in [6.07, 6.45) is -0.897. The topological polar surface area (TPSA) is 162 Å². The van der Waals surface area contributed by atoms with Crippen molar-refractivity contribution in [2.75, 3.05) is 7.11 Å². The van der Waals surface area contributed by atoms with Gasteiger partial charge in [0.25, 0.3) is 0 Å². The number of aliphatic hydroxyl groups is 2. The third kappa shape index (κ3) is 3.25. The Hall–Kier alpha value is -2.76. The lowest BCUT2D eigenvalue weighted by molar-refractivity contribution is -0.260. The van der Waals surface area contributed by atoms with Crippen LogP contribution in [-0.2, 0) is 38.1 Å². The standard InChI is InChI=1S/C30H38O11/c1-7-17(31)40-24-26(2,3)20(19(33)22(34)37-6)28(5)15-8-10-27(4)16(30(15)25(41-30)29(24,36)23(28)35)12-18(32)39-21(27)14-9-11-38-13-14/h9,11,13,15-16,19-21,24-25,33,36H,7-8,10,12H2,1-6H3/t15?,16?,19-,20?,21+,24+,25-,27-,28-,29+,30-/m1/s1. The number of carbonyl (C=O) groups excluding carboxylic acids is 4. The molecule has 224 valence electrons. The molecule has 3 unspecified atom stereocenters. The molecule has 11 heteroatoms. The fourth-order valence-electron chi connectivity index (χ4n) is 9.85. The average molecular weight is 575 g/mol. The molecule has 0 aromatic carbocycles. The first-order valence-corrected chi connectivity index (χ1v) is 14.3. The van der Waals surface area contributed by atoms with Crippen molar-refractivity contribution in [2.45, 2.75) is 95.9 Å². The van der Waals surface area contributed by atoms with Gasteiger partial charge in [-0.05, 0) is 18.9 Å². The minimum atomic E-state index is -2.28. The van der Waals surface area contributed by atoms with Crippen LogP contribution in [0.25, 0.3) is 0 Å². The molecule has 1 aromatic heterocycles. The van der Waals surface area contributed by atoms with Crippen LogP contribution in [0.5, 0.6) is 0 Å². The number of cyclic esters (lactones) is 1. The van der Waals surface area contributed by atoms with Crippen molar-refractivity contribution in [1.29, 1.82) is 0 Å². The summed E-state index contributed by atoms with van der Waals surface area (Å²) in [6, 6.07) is 1.75. The number of hydrogen-bond acceptors (Lipinski definition) is 11. The van der Waals surface area contributed by atoms with Crippen molar-refractivity contribution >= 4 is 23.7 Å². The lowest BCUT2D eigenvalue weighted by atomic mass is 9.36. The first-order chi connectivity index (χ1) is 19.2. The molecule has 5 aliphatic rings. The fourth-order valence-corrected chi connectivity index (χ4v) is 9.85. The Kier molecular flexibility index (Phi) is 5.98. The van der Waals surface area contributed by atoms with Crippen LogP contribution in [0.4, 0.5) is 0 Å². The Bertz CT molecular complexity index is 1300. The molecular weight excluding hydrogens is 536 g/mol. The van der Waals surface area contributed by atoms with Crippen LogP contribution >= 0.6 is 0 Å². The molecule has 3 aliphatic carbocycles. The summed E-state index contributed by atoms with van der Waals surface area (Å²) in [5.41, 5.74) is -6.17. The van der Waals surface area contributed by atoms with E-state index < -0.39 is 93.3 Å². The van der Waals surface area contributed by atoms with Gasteiger partial charge in [0.05, 0.1) is 26.1 Å². The number of ketones is 1. The highest BCUT2D eigenvalue weighted by Crippen LogP contribution is 2.78. The van der Waals surface area contributed by atoms with Gasteiger partial charge in [-0.15, -0.1) is 0 Å². The Morgan fingerprint density at radius 1 is 1.17 bits per heavy atom. The Balaban J connectivity index is 1.55. The maximum Gasteiger partial charge on any atom is 0.335 e. The van der Waals surface area contributed by atoms with E-state index in [1.807, 2.05) is 6.92 Å². The van der Waals surface area contributed by atoms with Gasteiger partial charge in [-0.2, -0.15) is 0 Å². The SMILES string of the molecule is CCC(=O)O[C@H]1C(C)(C)C([C@@H](O)C(=O)OC)[C@]2(C)C(=O)[C@@]1(O)[C@H]1O[C@@]13C2CC[C@]1(C)C3CC(=O)O[C@H]1c1ccoc1. The van der Waals surface area contributed by atoms with Crippen molar-refractivity contribution in [1.82, 2.24) is 0 Å². The van der Waals surface area contributed by atoms with Crippen LogP contribution in [0.15, 0.2) is 23.0 Å². The second-order valence-electron chi connectivity index (χ2n) is 13.6. The van der Waals surface area contributed by atoms with Gasteiger partial charge in [-0.25, -0.2) is 4.79 Å². The van der Waals surface area contributed by atoms with Crippen LogP contribution in [0, 0.1) is 34.0 Å². The van der Waals surface area contributed by atoms with Gasteiger partial charge in [0.15, 0.2) is 17.5 Å². The summed E-state index contributed by atoms with van der Waals surface area (Å²) >= 11 is 0. The predicted octanol–water partition coefficient (Wildman–Crippen LogP) is 2.27. The quantitative estimate of drug-likeness (QED) is 0.301. The average Bonchev–Trinajstić information content (AvgIpc) is 3.41. The third-order valence-corrected chi connectivity index (χ3v) is 11.4. The highest BCUT2D eigenvalue weighted by Gasteiger charge is 2.91. The van der Waals surface area contributed by atoms with E-state index in [1.165, 1.54) is 6.26 Å². The summed E-state index contributed by atoms with van der Waals surface area (Å²) in [7, 11) is 1.15. The monoisotopic (exact) mass is 574 g/mol. The highest BCUT2D eigenvalue weighted by molar-refractivity contribution is 5.99. The summed E-state index contributed by atoms with van der Waals surface area (Å²) in [6.45, 7) is 8.64. The summed E-state index contributed by atoms with van der Waals surface area (Å²) < 4.78 is 28.5. The molecular formula is C30H38O11. The number of methoxy groups -OCH3 is 1. The van der Waals surface area contributed by atoms with E-state index in [2.05, 4.69) is 0 Å². The number of aliphatic hydroxyl groups excluding tert-OH is 1. The number of ether oxygens (including phenoxy) is 4. The normalized spacial score (nSPS) is 46.2. The number of esters is 3. The van der Waals surface area contributed by atoms with E-state index in [9.17, 15) is 29.4 Å². The molecule has 0 amide bonds. The van der Waals surface area contributed by atoms with Crippen LogP contribution < -0.4 is 0 Å². The van der Waals surface area contributed by atoms with E-state index >= 15 is 0 Å². The van der Waals surface area contributed by atoms with Crippen LogP contribution in [0.1, 0.15) is 72.0 Å². The molecule has 2 N–H and O–H groups in total. The molecule has 2 saturated heterocycles. The first kappa shape index (κ1) is 28.4. The minimum Gasteiger partial charge on any atom is -0.472 e. The number of Topliss-reactive ketones (excluding diaryl/α,β-unsaturated/α-hetero) is 1. The predicted molar refractivity (Wildman–Crippen MR) is 138 cm³/mol. The van der Waals surface area contributed by atoms with E-state index in [0.29, 0.717) is 18.4 Å². The van der Waals surface area contributed by atoms with Gasteiger partial charge in [0.2, 0.25) is 0 Å². The van der Waals surface area contributed by atoms with E-state index in [1.54, 1.807) is 40.0 Å². The maximum absolute atomic E-state index is 14.6. The molecule has 6 rings (SSSR count). The number of rotatable bonds is 5. The van der Waals surface area contributed by atoms with Gasteiger partial charge in [-0.3, -0.25) is 14.4 Å². The maximum atomic E-state index is 14.6. The summed E-state index contributed by atoms with van der Waals surface area (Å²) in [5, 5.41) is 24.0. The molecule has 3 heterocycles.